The average Bonchev–Trinajstić information content (AvgIpc) is 2.13. The Hall–Kier alpha value is -0.840. The molecule has 0 aromatic carbocycles. The highest BCUT2D eigenvalue weighted by molar-refractivity contribution is 8.14. The summed E-state index contributed by atoms with van der Waals surface area (Å²) in [5.74, 6) is -0.320. The van der Waals surface area contributed by atoms with Gasteiger partial charge in [-0.1, -0.05) is 11.8 Å². The lowest BCUT2D eigenvalue weighted by molar-refractivity contribution is -0.135. The largest absolute Gasteiger partial charge is 0.481 e. The number of carbonyl (C=O) groups is 1. The minimum Gasteiger partial charge on any atom is -0.481 e. The number of nitrogens with zero attached hydrogens (tertiary/aromatic N) is 1. The molecule has 0 aliphatic carbocycles. The monoisotopic (exact) mass is 158 g/mol. The fourth-order valence-corrected chi connectivity index (χ4v) is 1.29. The van der Waals surface area contributed by atoms with Gasteiger partial charge in [0.15, 0.2) is 5.17 Å². The molecule has 5 heteroatoms. The first-order valence-electron chi connectivity index (χ1n) is 2.68. The van der Waals surface area contributed by atoms with Gasteiger partial charge in [0.1, 0.15) is 0 Å². The molecular weight excluding hydrogens is 152 g/mol. The summed E-state index contributed by atoms with van der Waals surface area (Å²) in [5.41, 5.74) is 0.586. The predicted octanol–water partition coefficient (Wildman–Crippen LogP) is 0.584. The molecule has 0 fully saturated rings. The van der Waals surface area contributed by atoms with Gasteiger partial charge in [-0.15, -0.1) is 0 Å². The maximum atomic E-state index is 10.1. The van der Waals surface area contributed by atoms with E-state index in [4.69, 9.17) is 10.5 Å². The van der Waals surface area contributed by atoms with Crippen molar-refractivity contribution >= 4 is 28.6 Å². The Kier molecular flexibility index (Phi) is 2.06. The molecule has 0 unspecified atom stereocenters. The Balaban J connectivity index is 2.50. The van der Waals surface area contributed by atoms with Gasteiger partial charge in [0.25, 0.3) is 0 Å². The second kappa shape index (κ2) is 2.83. The summed E-state index contributed by atoms with van der Waals surface area (Å²) in [5, 5.41) is 15.5. The lowest BCUT2D eigenvalue weighted by Crippen LogP contribution is -2.05. The maximum absolute atomic E-state index is 10.1. The Bertz CT molecular complexity index is 212. The first-order valence-corrected chi connectivity index (χ1v) is 3.66. The number of amidine groups is 1. The van der Waals surface area contributed by atoms with Crippen molar-refractivity contribution < 1.29 is 9.90 Å². The van der Waals surface area contributed by atoms with Crippen molar-refractivity contribution in [2.24, 2.45) is 4.99 Å². The quantitative estimate of drug-likeness (QED) is 0.617. The number of nitrogens with one attached hydrogen (secondary N) is 1. The van der Waals surface area contributed by atoms with Crippen LogP contribution < -0.4 is 0 Å². The smallest absolute Gasteiger partial charge is 0.309 e. The van der Waals surface area contributed by atoms with E-state index in [0.717, 1.165) is 0 Å². The summed E-state index contributed by atoms with van der Waals surface area (Å²) >= 11 is 1.26. The van der Waals surface area contributed by atoms with Gasteiger partial charge in [0.05, 0.1) is 6.42 Å². The topological polar surface area (TPSA) is 73.5 Å². The van der Waals surface area contributed by atoms with E-state index in [0.29, 0.717) is 11.5 Å². The third-order valence-electron chi connectivity index (χ3n) is 0.990. The normalized spacial score (nSPS) is 17.2. The standard InChI is InChI=1S/C5H6N2O2S/c6-5-7-3(2-10-5)1-4(8)9/h6H,1-2H2,(H,8,9). The van der Waals surface area contributed by atoms with E-state index >= 15 is 0 Å². The van der Waals surface area contributed by atoms with Gasteiger partial charge in [-0.2, -0.15) is 0 Å². The Morgan fingerprint density at radius 3 is 3.00 bits per heavy atom. The number of hydrogen-bond acceptors (Lipinski definition) is 3. The molecule has 0 radical (unpaired) electrons. The number of carboxylic acids is 1. The number of aliphatic imine (C=N–C) groups is 1. The van der Waals surface area contributed by atoms with Gasteiger partial charge in [0, 0.05) is 11.5 Å². The molecule has 2 N–H and O–H groups in total. The van der Waals surface area contributed by atoms with Gasteiger partial charge in [-0.05, 0) is 0 Å². The van der Waals surface area contributed by atoms with Crippen LogP contribution in [0.15, 0.2) is 4.99 Å². The SMILES string of the molecule is N=C1N=C(CC(=O)O)CS1. The second-order valence-electron chi connectivity index (χ2n) is 1.84. The molecule has 0 spiro atoms. The summed E-state index contributed by atoms with van der Waals surface area (Å²) in [6.45, 7) is 0. The van der Waals surface area contributed by atoms with Crippen molar-refractivity contribution in [2.45, 2.75) is 6.42 Å². The number of aliphatic carboxylic acids is 1. The van der Waals surface area contributed by atoms with Crippen LogP contribution in [0.4, 0.5) is 0 Å². The third kappa shape index (κ3) is 1.84. The van der Waals surface area contributed by atoms with Crippen molar-refractivity contribution in [3.8, 4) is 0 Å². The van der Waals surface area contributed by atoms with Crippen LogP contribution in [0, 0.1) is 5.41 Å². The van der Waals surface area contributed by atoms with Crippen molar-refractivity contribution in [1.29, 1.82) is 5.41 Å². The van der Waals surface area contributed by atoms with E-state index < -0.39 is 5.97 Å². The number of thioether (sulfide) groups is 1. The van der Waals surface area contributed by atoms with Crippen LogP contribution in [-0.4, -0.2) is 27.7 Å². The molecule has 1 heterocycles. The molecule has 0 amide bonds. The van der Waals surface area contributed by atoms with Crippen LogP contribution >= 0.6 is 11.8 Å². The average molecular weight is 158 g/mol. The summed E-state index contributed by atoms with van der Waals surface area (Å²) < 4.78 is 0. The van der Waals surface area contributed by atoms with E-state index in [2.05, 4.69) is 4.99 Å². The molecule has 0 aromatic heterocycles. The van der Waals surface area contributed by atoms with Gasteiger partial charge in [0.2, 0.25) is 0 Å². The minimum atomic E-state index is -0.881. The molecule has 54 valence electrons. The zero-order valence-electron chi connectivity index (χ0n) is 5.13. The van der Waals surface area contributed by atoms with Crippen LogP contribution in [0.25, 0.3) is 0 Å². The predicted molar refractivity (Wildman–Crippen MR) is 39.9 cm³/mol. The van der Waals surface area contributed by atoms with Crippen molar-refractivity contribution in [1.82, 2.24) is 0 Å². The molecule has 0 aromatic rings. The molecule has 0 saturated heterocycles. The zero-order valence-corrected chi connectivity index (χ0v) is 5.94. The van der Waals surface area contributed by atoms with Gasteiger partial charge in [-0.25, -0.2) is 4.99 Å². The molecule has 4 nitrogen and oxygen atoms in total. The Morgan fingerprint density at radius 1 is 1.90 bits per heavy atom. The zero-order chi connectivity index (χ0) is 7.56. The molecular formula is C5H6N2O2S. The summed E-state index contributed by atoms with van der Waals surface area (Å²) in [6.07, 6.45) is -0.0324. The first kappa shape index (κ1) is 7.27. The first-order chi connectivity index (χ1) is 4.68. The summed E-state index contributed by atoms with van der Waals surface area (Å²) in [6, 6.07) is 0. The van der Waals surface area contributed by atoms with E-state index in [9.17, 15) is 4.79 Å². The van der Waals surface area contributed by atoms with Crippen molar-refractivity contribution in [2.75, 3.05) is 5.75 Å². The molecule has 0 atom stereocenters. The summed E-state index contributed by atoms with van der Waals surface area (Å²) in [7, 11) is 0. The third-order valence-corrected chi connectivity index (χ3v) is 1.83. The molecule has 0 saturated carbocycles. The van der Waals surface area contributed by atoms with Gasteiger partial charge in [-0.3, -0.25) is 10.2 Å². The lowest BCUT2D eigenvalue weighted by atomic mass is 10.3. The van der Waals surface area contributed by atoms with E-state index in [1.165, 1.54) is 11.8 Å². The molecule has 10 heavy (non-hydrogen) atoms. The van der Waals surface area contributed by atoms with Crippen LogP contribution in [0.5, 0.6) is 0 Å². The van der Waals surface area contributed by atoms with E-state index in [-0.39, 0.29) is 11.6 Å². The Labute approximate surface area is 61.9 Å². The fraction of sp³-hybridized carbons (Fsp3) is 0.400. The lowest BCUT2D eigenvalue weighted by Gasteiger charge is -1.88. The van der Waals surface area contributed by atoms with E-state index in [1.807, 2.05) is 0 Å². The van der Waals surface area contributed by atoms with E-state index in [1.54, 1.807) is 0 Å². The number of hydrogen-bond donors (Lipinski definition) is 2. The minimum absolute atomic E-state index is 0.0324. The van der Waals surface area contributed by atoms with Crippen LogP contribution in [0.1, 0.15) is 6.42 Å². The second-order valence-corrected chi connectivity index (χ2v) is 2.81. The maximum Gasteiger partial charge on any atom is 0.309 e. The van der Waals surface area contributed by atoms with Gasteiger partial charge < -0.3 is 5.11 Å². The molecule has 1 rings (SSSR count). The van der Waals surface area contributed by atoms with Crippen molar-refractivity contribution in [3.63, 3.8) is 0 Å². The highest BCUT2D eigenvalue weighted by Gasteiger charge is 2.13. The van der Waals surface area contributed by atoms with Crippen LogP contribution in [-0.2, 0) is 4.79 Å². The molecule has 1 aliphatic heterocycles. The highest BCUT2D eigenvalue weighted by atomic mass is 32.2. The van der Waals surface area contributed by atoms with Crippen molar-refractivity contribution in [3.05, 3.63) is 0 Å². The molecule has 1 aliphatic rings. The number of rotatable bonds is 2. The summed E-state index contributed by atoms with van der Waals surface area (Å²) in [4.78, 5) is 13.8. The van der Waals surface area contributed by atoms with Crippen LogP contribution in [0.2, 0.25) is 0 Å². The highest BCUT2D eigenvalue weighted by Crippen LogP contribution is 2.13. The number of carboxylic acid groups (broad SMARTS) is 1. The fourth-order valence-electron chi connectivity index (χ4n) is 0.625. The molecule has 0 bridgehead atoms. The van der Waals surface area contributed by atoms with Gasteiger partial charge >= 0.3 is 5.97 Å². The van der Waals surface area contributed by atoms with Crippen LogP contribution in [0.3, 0.4) is 0 Å². The Morgan fingerprint density at radius 2 is 2.60 bits per heavy atom.